The predicted molar refractivity (Wildman–Crippen MR) is 102 cm³/mol. The van der Waals surface area contributed by atoms with Gasteiger partial charge in [0.1, 0.15) is 11.8 Å². The van der Waals surface area contributed by atoms with Gasteiger partial charge in [-0.1, -0.05) is 24.3 Å². The smallest absolute Gasteiger partial charge is 0.245 e. The lowest BCUT2D eigenvalue weighted by atomic mass is 10.1. The van der Waals surface area contributed by atoms with Crippen LogP contribution < -0.4 is 4.74 Å². The maximum atomic E-state index is 13.0. The van der Waals surface area contributed by atoms with E-state index < -0.39 is 0 Å². The third-order valence-corrected chi connectivity index (χ3v) is 5.62. The van der Waals surface area contributed by atoms with Gasteiger partial charge in [-0.15, -0.1) is 11.3 Å². The molecule has 6 heteroatoms. The summed E-state index contributed by atoms with van der Waals surface area (Å²) in [7, 11) is 3.41. The number of likely N-dealkylation sites (tertiary alicyclic amines) is 1. The molecule has 1 aromatic heterocycles. The van der Waals surface area contributed by atoms with E-state index in [0.29, 0.717) is 19.5 Å². The third-order valence-electron chi connectivity index (χ3n) is 4.74. The number of para-hydroxylation sites is 1. The number of amides is 2. The highest BCUT2D eigenvalue weighted by atomic mass is 32.1. The van der Waals surface area contributed by atoms with Crippen LogP contribution in [0.25, 0.3) is 0 Å². The number of thiophene rings is 1. The molecule has 0 aliphatic carbocycles. The highest BCUT2D eigenvalue weighted by molar-refractivity contribution is 7.10. The number of rotatable bonds is 6. The van der Waals surface area contributed by atoms with Crippen LogP contribution in [-0.4, -0.2) is 48.4 Å². The van der Waals surface area contributed by atoms with Crippen molar-refractivity contribution in [1.29, 1.82) is 0 Å². The van der Waals surface area contributed by atoms with E-state index in [9.17, 15) is 9.59 Å². The fraction of sp³-hybridized carbons (Fsp3) is 0.400. The molecule has 0 bridgehead atoms. The molecule has 0 spiro atoms. The molecule has 1 unspecified atom stereocenters. The molecule has 26 heavy (non-hydrogen) atoms. The standard InChI is InChI=1S/C20H24N2O3S/c1-21(14-15-7-3-4-10-18(15)25-2)20(24)17-9-5-11-22(17)19(23)13-16-8-6-12-26-16/h3-4,6-8,10,12,17H,5,9,11,13-14H2,1-2H3. The number of benzene rings is 1. The van der Waals surface area contributed by atoms with Gasteiger partial charge in [0, 0.05) is 30.6 Å². The van der Waals surface area contributed by atoms with Crippen molar-refractivity contribution in [2.45, 2.75) is 31.8 Å². The fourth-order valence-corrected chi connectivity index (χ4v) is 4.10. The predicted octanol–water partition coefficient (Wildman–Crippen LogP) is 2.95. The largest absolute Gasteiger partial charge is 0.496 e. The lowest BCUT2D eigenvalue weighted by molar-refractivity contribution is -0.143. The number of carbonyl (C=O) groups excluding carboxylic acids is 2. The Balaban J connectivity index is 1.66. The first-order valence-electron chi connectivity index (χ1n) is 8.79. The molecule has 0 saturated carbocycles. The van der Waals surface area contributed by atoms with E-state index in [0.717, 1.165) is 29.0 Å². The number of methoxy groups -OCH3 is 1. The van der Waals surface area contributed by atoms with Crippen LogP contribution in [0.15, 0.2) is 41.8 Å². The maximum Gasteiger partial charge on any atom is 0.245 e. The van der Waals surface area contributed by atoms with Crippen molar-refractivity contribution in [1.82, 2.24) is 9.80 Å². The zero-order chi connectivity index (χ0) is 18.5. The molecular formula is C20H24N2O3S. The lowest BCUT2D eigenvalue weighted by Gasteiger charge is -2.28. The molecule has 5 nitrogen and oxygen atoms in total. The van der Waals surface area contributed by atoms with Crippen molar-refractivity contribution >= 4 is 23.2 Å². The van der Waals surface area contributed by atoms with Gasteiger partial charge in [0.2, 0.25) is 11.8 Å². The van der Waals surface area contributed by atoms with E-state index >= 15 is 0 Å². The summed E-state index contributed by atoms with van der Waals surface area (Å²) in [6.45, 7) is 1.12. The van der Waals surface area contributed by atoms with Crippen molar-refractivity contribution in [2.24, 2.45) is 0 Å². The molecule has 0 N–H and O–H groups in total. The van der Waals surface area contributed by atoms with Crippen molar-refractivity contribution in [3.05, 3.63) is 52.2 Å². The van der Waals surface area contributed by atoms with Gasteiger partial charge in [-0.25, -0.2) is 0 Å². The van der Waals surface area contributed by atoms with E-state index in [1.54, 1.807) is 35.3 Å². The number of hydrogen-bond acceptors (Lipinski definition) is 4. The Morgan fingerprint density at radius 2 is 2.08 bits per heavy atom. The highest BCUT2D eigenvalue weighted by Crippen LogP contribution is 2.24. The number of likely N-dealkylation sites (N-methyl/N-ethyl adjacent to an activating group) is 1. The van der Waals surface area contributed by atoms with Gasteiger partial charge in [-0.2, -0.15) is 0 Å². The second-order valence-corrected chi connectivity index (χ2v) is 7.54. The van der Waals surface area contributed by atoms with Crippen LogP contribution in [0.1, 0.15) is 23.3 Å². The van der Waals surface area contributed by atoms with Crippen molar-refractivity contribution in [3.8, 4) is 5.75 Å². The van der Waals surface area contributed by atoms with Gasteiger partial charge in [-0.05, 0) is 30.4 Å². The molecule has 2 aromatic rings. The molecule has 2 amide bonds. The van der Waals surface area contributed by atoms with E-state index in [-0.39, 0.29) is 17.9 Å². The minimum absolute atomic E-state index is 0.00654. The van der Waals surface area contributed by atoms with Crippen LogP contribution in [0.2, 0.25) is 0 Å². The molecule has 1 saturated heterocycles. The molecular weight excluding hydrogens is 348 g/mol. The summed E-state index contributed by atoms with van der Waals surface area (Å²) < 4.78 is 5.37. The van der Waals surface area contributed by atoms with Gasteiger partial charge in [0.25, 0.3) is 0 Å². The second-order valence-electron chi connectivity index (χ2n) is 6.51. The van der Waals surface area contributed by atoms with Crippen LogP contribution in [0.5, 0.6) is 5.75 Å². The molecule has 138 valence electrons. The zero-order valence-corrected chi connectivity index (χ0v) is 16.0. The van der Waals surface area contributed by atoms with Crippen LogP contribution in [-0.2, 0) is 22.6 Å². The van der Waals surface area contributed by atoms with Gasteiger partial charge in [0.15, 0.2) is 0 Å². The summed E-state index contributed by atoms with van der Waals surface area (Å²) in [5, 5.41) is 1.97. The van der Waals surface area contributed by atoms with E-state index in [1.165, 1.54) is 0 Å². The Kier molecular flexibility index (Phi) is 5.93. The van der Waals surface area contributed by atoms with Crippen LogP contribution in [0.4, 0.5) is 0 Å². The average molecular weight is 372 g/mol. The van der Waals surface area contributed by atoms with Gasteiger partial charge >= 0.3 is 0 Å². The minimum Gasteiger partial charge on any atom is -0.496 e. The average Bonchev–Trinajstić information content (AvgIpc) is 3.33. The van der Waals surface area contributed by atoms with Crippen LogP contribution >= 0.6 is 11.3 Å². The molecule has 3 rings (SSSR count). The molecule has 2 heterocycles. The normalized spacial score (nSPS) is 16.5. The number of hydrogen-bond donors (Lipinski definition) is 0. The summed E-state index contributed by atoms with van der Waals surface area (Å²) in [5.41, 5.74) is 0.959. The molecule has 1 aliphatic rings. The van der Waals surface area contributed by atoms with Crippen LogP contribution in [0, 0.1) is 0 Å². The van der Waals surface area contributed by atoms with Crippen molar-refractivity contribution < 1.29 is 14.3 Å². The number of carbonyl (C=O) groups is 2. The summed E-state index contributed by atoms with van der Waals surface area (Å²) in [4.78, 5) is 30.1. The fourth-order valence-electron chi connectivity index (χ4n) is 3.41. The first-order chi connectivity index (χ1) is 12.6. The number of ether oxygens (including phenoxy) is 1. The topological polar surface area (TPSA) is 49.9 Å². The quantitative estimate of drug-likeness (QED) is 0.783. The molecule has 1 aliphatic heterocycles. The SMILES string of the molecule is COc1ccccc1CN(C)C(=O)C1CCCN1C(=O)Cc1cccs1. The summed E-state index contributed by atoms with van der Waals surface area (Å²) in [5.74, 6) is 0.797. The molecule has 1 fully saturated rings. The maximum absolute atomic E-state index is 13.0. The van der Waals surface area contributed by atoms with Crippen molar-refractivity contribution in [3.63, 3.8) is 0 Å². The highest BCUT2D eigenvalue weighted by Gasteiger charge is 2.35. The number of nitrogens with zero attached hydrogens (tertiary/aromatic N) is 2. The second kappa shape index (κ2) is 8.36. The van der Waals surface area contributed by atoms with E-state index in [1.807, 2.05) is 41.8 Å². The zero-order valence-electron chi connectivity index (χ0n) is 15.2. The molecule has 0 radical (unpaired) electrons. The van der Waals surface area contributed by atoms with Gasteiger partial charge in [-0.3, -0.25) is 9.59 Å². The Hall–Kier alpha value is -2.34. The Labute approximate surface area is 158 Å². The van der Waals surface area contributed by atoms with Gasteiger partial charge < -0.3 is 14.5 Å². The first-order valence-corrected chi connectivity index (χ1v) is 9.67. The van der Waals surface area contributed by atoms with Crippen molar-refractivity contribution in [2.75, 3.05) is 20.7 Å². The summed E-state index contributed by atoms with van der Waals surface area (Å²) >= 11 is 1.58. The molecule has 1 atom stereocenters. The van der Waals surface area contributed by atoms with E-state index in [2.05, 4.69) is 0 Å². The van der Waals surface area contributed by atoms with E-state index in [4.69, 9.17) is 4.74 Å². The lowest BCUT2D eigenvalue weighted by Crippen LogP contribution is -2.46. The van der Waals surface area contributed by atoms with Crippen LogP contribution in [0.3, 0.4) is 0 Å². The van der Waals surface area contributed by atoms with Gasteiger partial charge in [0.05, 0.1) is 13.5 Å². The third kappa shape index (κ3) is 4.07. The monoisotopic (exact) mass is 372 g/mol. The summed E-state index contributed by atoms with van der Waals surface area (Å²) in [6, 6.07) is 11.2. The summed E-state index contributed by atoms with van der Waals surface area (Å²) in [6.07, 6.45) is 1.97. The Morgan fingerprint density at radius 1 is 1.27 bits per heavy atom. The Morgan fingerprint density at radius 3 is 2.81 bits per heavy atom. The minimum atomic E-state index is -0.359. The Bertz CT molecular complexity index is 760. The first kappa shape index (κ1) is 18.5. The molecule has 1 aromatic carbocycles.